The zero-order valence-electron chi connectivity index (χ0n) is 15.5. The van der Waals surface area contributed by atoms with Crippen LogP contribution in [0.3, 0.4) is 0 Å². The first-order valence-corrected chi connectivity index (χ1v) is 9.87. The van der Waals surface area contributed by atoms with Gasteiger partial charge in [-0.3, -0.25) is 4.90 Å². The Morgan fingerprint density at radius 3 is 2.48 bits per heavy atom. The zero-order chi connectivity index (χ0) is 16.3. The Bertz CT molecular complexity index is 364. The summed E-state index contributed by atoms with van der Waals surface area (Å²) in [7, 11) is 2.27. The van der Waals surface area contributed by atoms with E-state index < -0.39 is 0 Å². The van der Waals surface area contributed by atoms with Gasteiger partial charge in [-0.2, -0.15) is 0 Å². The van der Waals surface area contributed by atoms with Crippen molar-refractivity contribution < 1.29 is 4.74 Å². The van der Waals surface area contributed by atoms with Crippen molar-refractivity contribution in [2.24, 2.45) is 5.92 Å². The summed E-state index contributed by atoms with van der Waals surface area (Å²) in [4.78, 5) is 5.31. The molecule has 3 rings (SSSR count). The molecule has 3 aliphatic rings. The SMILES string of the molecule is C[C@@H]1CN(C)[C@H](C)C[C@H]1NCC1(N2CCCCC2)CCOCC1. The summed E-state index contributed by atoms with van der Waals surface area (Å²) in [6.07, 6.45) is 7.87. The molecule has 0 amide bonds. The van der Waals surface area contributed by atoms with Crippen LogP contribution in [0.5, 0.6) is 0 Å². The Hall–Kier alpha value is -0.160. The van der Waals surface area contributed by atoms with E-state index >= 15 is 0 Å². The van der Waals surface area contributed by atoms with E-state index in [0.717, 1.165) is 25.7 Å². The number of nitrogens with zero attached hydrogens (tertiary/aromatic N) is 2. The van der Waals surface area contributed by atoms with Crippen LogP contribution in [0.2, 0.25) is 0 Å². The first kappa shape index (κ1) is 17.7. The molecule has 4 heteroatoms. The van der Waals surface area contributed by atoms with Gasteiger partial charge in [0.1, 0.15) is 0 Å². The van der Waals surface area contributed by atoms with Crippen LogP contribution in [0.4, 0.5) is 0 Å². The predicted octanol–water partition coefficient (Wildman–Crippen LogP) is 2.34. The largest absolute Gasteiger partial charge is 0.381 e. The van der Waals surface area contributed by atoms with Gasteiger partial charge in [0.25, 0.3) is 0 Å². The van der Waals surface area contributed by atoms with Gasteiger partial charge in [-0.15, -0.1) is 0 Å². The summed E-state index contributed by atoms with van der Waals surface area (Å²) in [5, 5.41) is 4.01. The number of hydrogen-bond acceptors (Lipinski definition) is 4. The van der Waals surface area contributed by atoms with Gasteiger partial charge < -0.3 is 15.0 Å². The second-order valence-corrected chi connectivity index (χ2v) is 8.37. The number of piperidine rings is 2. The summed E-state index contributed by atoms with van der Waals surface area (Å²) in [5.41, 5.74) is 0.352. The van der Waals surface area contributed by atoms with Gasteiger partial charge in [0.05, 0.1) is 0 Å². The molecule has 3 aliphatic heterocycles. The van der Waals surface area contributed by atoms with E-state index in [2.05, 4.69) is 36.0 Å². The Labute approximate surface area is 142 Å². The van der Waals surface area contributed by atoms with Crippen molar-refractivity contribution in [1.82, 2.24) is 15.1 Å². The predicted molar refractivity (Wildman–Crippen MR) is 95.9 cm³/mol. The van der Waals surface area contributed by atoms with E-state index in [9.17, 15) is 0 Å². The number of ether oxygens (including phenoxy) is 1. The van der Waals surface area contributed by atoms with E-state index in [1.54, 1.807) is 0 Å². The smallest absolute Gasteiger partial charge is 0.0484 e. The highest BCUT2D eigenvalue weighted by Gasteiger charge is 2.40. The second kappa shape index (κ2) is 7.81. The van der Waals surface area contributed by atoms with Crippen LogP contribution in [0.15, 0.2) is 0 Å². The monoisotopic (exact) mass is 323 g/mol. The average Bonchev–Trinajstić information content (AvgIpc) is 2.58. The Kier molecular flexibility index (Phi) is 6.00. The number of hydrogen-bond donors (Lipinski definition) is 1. The quantitative estimate of drug-likeness (QED) is 0.859. The van der Waals surface area contributed by atoms with Crippen molar-refractivity contribution in [3.63, 3.8) is 0 Å². The standard InChI is InChI=1S/C19H37N3O/c1-16-14-21(3)17(2)13-18(16)20-15-19(7-11-23-12-8-19)22-9-5-4-6-10-22/h16-18,20H,4-15H2,1-3H3/t16-,17-,18-/m1/s1. The molecule has 0 radical (unpaired) electrons. The first-order valence-electron chi connectivity index (χ1n) is 9.87. The highest BCUT2D eigenvalue weighted by molar-refractivity contribution is 4.97. The van der Waals surface area contributed by atoms with Crippen LogP contribution in [0.25, 0.3) is 0 Å². The molecule has 3 saturated heterocycles. The van der Waals surface area contributed by atoms with Gasteiger partial charge in [0.15, 0.2) is 0 Å². The normalized spacial score (nSPS) is 36.9. The van der Waals surface area contributed by atoms with Gasteiger partial charge in [0.2, 0.25) is 0 Å². The Morgan fingerprint density at radius 2 is 1.78 bits per heavy atom. The third-order valence-electron chi connectivity index (χ3n) is 6.75. The van der Waals surface area contributed by atoms with Crippen LogP contribution in [-0.2, 0) is 4.74 Å². The maximum Gasteiger partial charge on any atom is 0.0484 e. The van der Waals surface area contributed by atoms with Gasteiger partial charge in [-0.25, -0.2) is 0 Å². The van der Waals surface area contributed by atoms with Crippen molar-refractivity contribution in [3.05, 3.63) is 0 Å². The van der Waals surface area contributed by atoms with E-state index in [-0.39, 0.29) is 0 Å². The summed E-state index contributed by atoms with van der Waals surface area (Å²) < 4.78 is 5.70. The summed E-state index contributed by atoms with van der Waals surface area (Å²) in [5.74, 6) is 0.745. The minimum absolute atomic E-state index is 0.352. The second-order valence-electron chi connectivity index (χ2n) is 8.37. The molecule has 4 nitrogen and oxygen atoms in total. The maximum atomic E-state index is 5.70. The zero-order valence-corrected chi connectivity index (χ0v) is 15.5. The molecule has 0 aliphatic carbocycles. The van der Waals surface area contributed by atoms with Crippen molar-refractivity contribution >= 4 is 0 Å². The molecule has 3 fully saturated rings. The molecule has 0 aromatic carbocycles. The Balaban J connectivity index is 1.62. The molecule has 0 saturated carbocycles. The van der Waals surface area contributed by atoms with Crippen LogP contribution in [0, 0.1) is 5.92 Å². The van der Waals surface area contributed by atoms with Crippen molar-refractivity contribution in [3.8, 4) is 0 Å². The molecule has 134 valence electrons. The summed E-state index contributed by atoms with van der Waals surface area (Å²) in [6.45, 7) is 11.6. The molecule has 3 heterocycles. The molecular weight excluding hydrogens is 286 g/mol. The lowest BCUT2D eigenvalue weighted by molar-refractivity contribution is -0.0390. The topological polar surface area (TPSA) is 27.7 Å². The van der Waals surface area contributed by atoms with Gasteiger partial charge in [-0.1, -0.05) is 13.3 Å². The van der Waals surface area contributed by atoms with E-state index in [1.807, 2.05) is 0 Å². The van der Waals surface area contributed by atoms with Crippen LogP contribution < -0.4 is 5.32 Å². The van der Waals surface area contributed by atoms with Gasteiger partial charge in [0, 0.05) is 43.9 Å². The molecule has 0 aromatic heterocycles. The average molecular weight is 324 g/mol. The van der Waals surface area contributed by atoms with Gasteiger partial charge >= 0.3 is 0 Å². The highest BCUT2D eigenvalue weighted by Crippen LogP contribution is 2.31. The number of likely N-dealkylation sites (tertiary alicyclic amines) is 2. The first-order chi connectivity index (χ1) is 11.1. The van der Waals surface area contributed by atoms with Crippen LogP contribution >= 0.6 is 0 Å². The third kappa shape index (κ3) is 4.09. The summed E-state index contributed by atoms with van der Waals surface area (Å²) in [6, 6.07) is 1.37. The molecular formula is C19H37N3O. The highest BCUT2D eigenvalue weighted by atomic mass is 16.5. The maximum absolute atomic E-state index is 5.70. The van der Waals surface area contributed by atoms with Crippen LogP contribution in [0.1, 0.15) is 52.4 Å². The fourth-order valence-electron chi connectivity index (χ4n) is 4.87. The number of rotatable bonds is 4. The molecule has 3 atom stereocenters. The van der Waals surface area contributed by atoms with Crippen molar-refractivity contribution in [2.45, 2.75) is 70.0 Å². The lowest BCUT2D eigenvalue weighted by Crippen LogP contribution is -2.61. The van der Waals surface area contributed by atoms with Crippen molar-refractivity contribution in [2.75, 3.05) is 46.4 Å². The van der Waals surface area contributed by atoms with E-state index in [0.29, 0.717) is 17.6 Å². The fourth-order valence-corrected chi connectivity index (χ4v) is 4.87. The van der Waals surface area contributed by atoms with Crippen LogP contribution in [-0.4, -0.2) is 73.9 Å². The lowest BCUT2D eigenvalue weighted by atomic mass is 9.84. The summed E-state index contributed by atoms with van der Waals surface area (Å²) >= 11 is 0. The molecule has 0 aromatic rings. The molecule has 0 unspecified atom stereocenters. The van der Waals surface area contributed by atoms with E-state index in [1.165, 1.54) is 58.2 Å². The number of nitrogens with one attached hydrogen (secondary N) is 1. The molecule has 0 bridgehead atoms. The third-order valence-corrected chi connectivity index (χ3v) is 6.75. The van der Waals surface area contributed by atoms with Gasteiger partial charge in [-0.05, 0) is 65.1 Å². The lowest BCUT2D eigenvalue weighted by Gasteiger charge is -2.50. The van der Waals surface area contributed by atoms with E-state index in [4.69, 9.17) is 4.74 Å². The minimum atomic E-state index is 0.352. The molecule has 1 N–H and O–H groups in total. The van der Waals surface area contributed by atoms with Crippen molar-refractivity contribution in [1.29, 1.82) is 0 Å². The fraction of sp³-hybridized carbons (Fsp3) is 1.00. The molecule has 23 heavy (non-hydrogen) atoms. The Morgan fingerprint density at radius 1 is 1.09 bits per heavy atom. The molecule has 0 spiro atoms. The minimum Gasteiger partial charge on any atom is -0.381 e.